The Morgan fingerprint density at radius 2 is 1.90 bits per heavy atom. The van der Waals surface area contributed by atoms with Crippen molar-refractivity contribution in [2.45, 2.75) is 32.6 Å². The third-order valence-electron chi connectivity index (χ3n) is 4.42. The molecule has 1 heterocycles. The molecule has 2 aromatic carbocycles. The van der Waals surface area contributed by atoms with Gasteiger partial charge in [0.2, 0.25) is 0 Å². The van der Waals surface area contributed by atoms with Crippen LogP contribution in [0.5, 0.6) is 5.75 Å². The number of aromatic hydroxyl groups is 1. The van der Waals surface area contributed by atoms with Crippen molar-refractivity contribution in [2.75, 3.05) is 11.9 Å². The van der Waals surface area contributed by atoms with Crippen LogP contribution in [0.1, 0.15) is 42.9 Å². The second-order valence-corrected chi connectivity index (χ2v) is 6.31. The Morgan fingerprint density at radius 1 is 1.14 bits per heavy atom. The number of rotatable bonds is 3. The van der Waals surface area contributed by atoms with Gasteiger partial charge >= 0.3 is 0 Å². The fourth-order valence-corrected chi connectivity index (χ4v) is 3.33. The fourth-order valence-electron chi connectivity index (χ4n) is 3.33. The molecule has 0 amide bonds. The summed E-state index contributed by atoms with van der Waals surface area (Å²) in [6.45, 7) is 5.48. The maximum absolute atomic E-state index is 10.4. The largest absolute Gasteiger partial charge is 0.506 e. The third-order valence-corrected chi connectivity index (χ3v) is 4.42. The summed E-state index contributed by atoms with van der Waals surface area (Å²) in [7, 11) is 0. The lowest BCUT2D eigenvalue weighted by Crippen LogP contribution is -2.20. The van der Waals surface area contributed by atoms with Crippen LogP contribution < -0.4 is 5.32 Å². The van der Waals surface area contributed by atoms with Gasteiger partial charge < -0.3 is 10.4 Å². The van der Waals surface area contributed by atoms with Gasteiger partial charge in [0.25, 0.3) is 0 Å². The van der Waals surface area contributed by atoms with E-state index in [4.69, 9.17) is 0 Å². The zero-order chi connectivity index (χ0) is 14.8. The normalized spacial score (nSPS) is 17.4. The van der Waals surface area contributed by atoms with Crippen molar-refractivity contribution in [1.82, 2.24) is 0 Å². The third kappa shape index (κ3) is 2.90. The first-order valence-electron chi connectivity index (χ1n) is 7.78. The highest BCUT2D eigenvalue weighted by molar-refractivity contribution is 5.65. The van der Waals surface area contributed by atoms with E-state index in [0.29, 0.717) is 17.6 Å². The maximum atomic E-state index is 10.4. The van der Waals surface area contributed by atoms with Crippen molar-refractivity contribution < 1.29 is 5.11 Å². The van der Waals surface area contributed by atoms with Crippen molar-refractivity contribution in [3.8, 4) is 5.75 Å². The standard InChI is InChI=1S/C19H23NO/c1-13(2)16-8-9-20-19-17(16)11-15(12-18(19)21)10-14-6-4-3-5-7-14/h3-7,11-13,16,20-21H,8-10H2,1-2H3. The number of hydrogen-bond donors (Lipinski definition) is 2. The number of nitrogens with one attached hydrogen (secondary N) is 1. The molecule has 0 saturated carbocycles. The summed E-state index contributed by atoms with van der Waals surface area (Å²) in [5.74, 6) is 1.52. The highest BCUT2D eigenvalue weighted by Gasteiger charge is 2.25. The van der Waals surface area contributed by atoms with Crippen LogP contribution in [0.3, 0.4) is 0 Å². The fraction of sp³-hybridized carbons (Fsp3) is 0.368. The lowest BCUT2D eigenvalue weighted by Gasteiger charge is -2.30. The molecule has 0 aromatic heterocycles. The molecule has 3 rings (SSSR count). The van der Waals surface area contributed by atoms with E-state index in [-0.39, 0.29) is 0 Å². The Labute approximate surface area is 126 Å². The molecule has 21 heavy (non-hydrogen) atoms. The summed E-state index contributed by atoms with van der Waals surface area (Å²) in [6, 6.07) is 14.6. The predicted octanol–water partition coefficient (Wildman–Crippen LogP) is 4.54. The summed E-state index contributed by atoms with van der Waals surface area (Å²) in [5.41, 5.74) is 4.69. The molecule has 2 heteroatoms. The zero-order valence-corrected chi connectivity index (χ0v) is 12.8. The monoisotopic (exact) mass is 281 g/mol. The molecule has 2 aromatic rings. The molecule has 1 unspecified atom stereocenters. The lowest BCUT2D eigenvalue weighted by atomic mass is 9.81. The van der Waals surface area contributed by atoms with E-state index in [2.05, 4.69) is 49.5 Å². The zero-order valence-electron chi connectivity index (χ0n) is 12.8. The van der Waals surface area contributed by atoms with Gasteiger partial charge in [-0.2, -0.15) is 0 Å². The Hall–Kier alpha value is -1.96. The van der Waals surface area contributed by atoms with Gasteiger partial charge in [0.15, 0.2) is 0 Å². The number of benzene rings is 2. The van der Waals surface area contributed by atoms with Gasteiger partial charge in [-0.25, -0.2) is 0 Å². The summed E-state index contributed by atoms with van der Waals surface area (Å²) in [5, 5.41) is 13.7. The Bertz CT molecular complexity index is 619. The second kappa shape index (κ2) is 5.80. The molecular weight excluding hydrogens is 258 g/mol. The van der Waals surface area contributed by atoms with E-state index in [9.17, 15) is 5.11 Å². The van der Waals surface area contributed by atoms with Gasteiger partial charge in [0, 0.05) is 6.54 Å². The molecule has 0 saturated heterocycles. The van der Waals surface area contributed by atoms with E-state index < -0.39 is 0 Å². The van der Waals surface area contributed by atoms with Crippen LogP contribution in [0, 0.1) is 5.92 Å². The average Bonchev–Trinajstić information content (AvgIpc) is 2.47. The highest BCUT2D eigenvalue weighted by atomic mass is 16.3. The van der Waals surface area contributed by atoms with Crippen LogP contribution >= 0.6 is 0 Å². The van der Waals surface area contributed by atoms with E-state index in [1.807, 2.05) is 12.1 Å². The number of phenols is 1. The van der Waals surface area contributed by atoms with Gasteiger partial charge in [0.05, 0.1) is 5.69 Å². The summed E-state index contributed by atoms with van der Waals surface area (Å²) in [4.78, 5) is 0. The highest BCUT2D eigenvalue weighted by Crippen LogP contribution is 2.42. The van der Waals surface area contributed by atoms with Gasteiger partial charge in [-0.15, -0.1) is 0 Å². The second-order valence-electron chi connectivity index (χ2n) is 6.31. The molecular formula is C19H23NO. The minimum atomic E-state index is 0.392. The minimum Gasteiger partial charge on any atom is -0.506 e. The molecule has 0 fully saturated rings. The van der Waals surface area contributed by atoms with Crippen LogP contribution in [0.4, 0.5) is 5.69 Å². The predicted molar refractivity (Wildman–Crippen MR) is 88.0 cm³/mol. The molecule has 0 radical (unpaired) electrons. The van der Waals surface area contributed by atoms with Gasteiger partial charge in [-0.3, -0.25) is 0 Å². The van der Waals surface area contributed by atoms with E-state index >= 15 is 0 Å². The molecule has 1 atom stereocenters. The first-order valence-corrected chi connectivity index (χ1v) is 7.78. The number of hydrogen-bond acceptors (Lipinski definition) is 2. The maximum Gasteiger partial charge on any atom is 0.139 e. The van der Waals surface area contributed by atoms with E-state index in [1.54, 1.807) is 0 Å². The van der Waals surface area contributed by atoms with Crippen LogP contribution in [-0.2, 0) is 6.42 Å². The topological polar surface area (TPSA) is 32.3 Å². The molecule has 0 spiro atoms. The minimum absolute atomic E-state index is 0.392. The van der Waals surface area contributed by atoms with Crippen molar-refractivity contribution in [1.29, 1.82) is 0 Å². The van der Waals surface area contributed by atoms with E-state index in [1.165, 1.54) is 16.7 Å². The summed E-state index contributed by atoms with van der Waals surface area (Å²) < 4.78 is 0. The Balaban J connectivity index is 1.97. The molecule has 1 aliphatic rings. The van der Waals surface area contributed by atoms with Gasteiger partial charge in [0.1, 0.15) is 5.75 Å². The lowest BCUT2D eigenvalue weighted by molar-refractivity contribution is 0.450. The summed E-state index contributed by atoms with van der Waals surface area (Å²) >= 11 is 0. The van der Waals surface area contributed by atoms with Crippen LogP contribution in [0.25, 0.3) is 0 Å². The van der Waals surface area contributed by atoms with Crippen molar-refractivity contribution >= 4 is 5.69 Å². The molecule has 2 nitrogen and oxygen atoms in total. The Kier molecular flexibility index (Phi) is 3.87. The number of anilines is 1. The summed E-state index contributed by atoms with van der Waals surface area (Å²) in [6.07, 6.45) is 2.01. The molecule has 2 N–H and O–H groups in total. The van der Waals surface area contributed by atoms with Crippen LogP contribution in [0.2, 0.25) is 0 Å². The molecule has 0 bridgehead atoms. The molecule has 0 aliphatic carbocycles. The number of fused-ring (bicyclic) bond motifs is 1. The quantitative estimate of drug-likeness (QED) is 0.810. The van der Waals surface area contributed by atoms with Crippen molar-refractivity contribution in [3.05, 3.63) is 59.2 Å². The first-order chi connectivity index (χ1) is 10.1. The Morgan fingerprint density at radius 3 is 2.62 bits per heavy atom. The first kappa shape index (κ1) is 14.0. The smallest absolute Gasteiger partial charge is 0.139 e. The van der Waals surface area contributed by atoms with Gasteiger partial charge in [-0.1, -0.05) is 50.2 Å². The average molecular weight is 281 g/mol. The van der Waals surface area contributed by atoms with Crippen LogP contribution in [-0.4, -0.2) is 11.7 Å². The van der Waals surface area contributed by atoms with Crippen molar-refractivity contribution in [3.63, 3.8) is 0 Å². The molecule has 110 valence electrons. The van der Waals surface area contributed by atoms with Gasteiger partial charge in [-0.05, 0) is 47.4 Å². The number of phenolic OH excluding ortho intramolecular Hbond substituents is 1. The SMILES string of the molecule is CC(C)C1CCNc2c(O)cc(Cc3ccccc3)cc21. The molecule has 1 aliphatic heterocycles. The van der Waals surface area contributed by atoms with E-state index in [0.717, 1.165) is 25.1 Å². The van der Waals surface area contributed by atoms with Crippen LogP contribution in [0.15, 0.2) is 42.5 Å². The van der Waals surface area contributed by atoms with Crippen molar-refractivity contribution in [2.24, 2.45) is 5.92 Å².